The fraction of sp³-hybridized carbons (Fsp3) is 0.200. The van der Waals surface area contributed by atoms with E-state index in [0.29, 0.717) is 16.3 Å². The molecule has 0 bridgehead atoms. The number of esters is 1. The number of amides is 3. The molecule has 8 nitrogen and oxygen atoms in total. The molecule has 3 rings (SSSR count). The first-order valence-electron chi connectivity index (χ1n) is 8.91. The lowest BCUT2D eigenvalue weighted by molar-refractivity contribution is -0.152. The Balaban J connectivity index is 1.45. The molecule has 0 spiro atoms. The number of benzene rings is 2. The zero-order valence-electron chi connectivity index (χ0n) is 15.6. The van der Waals surface area contributed by atoms with Gasteiger partial charge in [0.1, 0.15) is 0 Å². The van der Waals surface area contributed by atoms with Crippen molar-refractivity contribution in [3.63, 3.8) is 0 Å². The van der Waals surface area contributed by atoms with Gasteiger partial charge in [0.15, 0.2) is 6.61 Å². The molecular weight excluding hydrogens is 478 g/mol. The van der Waals surface area contributed by atoms with Crippen LogP contribution in [-0.4, -0.2) is 36.8 Å². The third kappa shape index (κ3) is 5.58. The number of ether oxygens (including phenoxy) is 1. The van der Waals surface area contributed by atoms with Gasteiger partial charge in [-0.3, -0.25) is 30.0 Å². The highest BCUT2D eigenvalue weighted by molar-refractivity contribution is 9.10. The Morgan fingerprint density at radius 3 is 2.57 bits per heavy atom. The summed E-state index contributed by atoms with van der Waals surface area (Å²) < 4.78 is 5.80. The number of hydrazine groups is 1. The van der Waals surface area contributed by atoms with Gasteiger partial charge in [-0.15, -0.1) is 0 Å². The molecule has 156 valence electrons. The second-order valence-electron chi connectivity index (χ2n) is 6.50. The Labute approximate surface area is 185 Å². The maximum absolute atomic E-state index is 12.2. The quantitative estimate of drug-likeness (QED) is 0.491. The van der Waals surface area contributed by atoms with E-state index >= 15 is 0 Å². The predicted octanol–water partition coefficient (Wildman–Crippen LogP) is 2.46. The van der Waals surface area contributed by atoms with Crippen molar-refractivity contribution in [3.05, 3.63) is 63.6 Å². The third-order valence-electron chi connectivity index (χ3n) is 4.35. The molecule has 1 atom stereocenters. The van der Waals surface area contributed by atoms with Crippen molar-refractivity contribution >= 4 is 56.9 Å². The van der Waals surface area contributed by atoms with Gasteiger partial charge in [0, 0.05) is 33.7 Å². The molecule has 0 radical (unpaired) electrons. The second-order valence-corrected chi connectivity index (χ2v) is 7.85. The van der Waals surface area contributed by atoms with Crippen molar-refractivity contribution in [2.24, 2.45) is 5.92 Å². The molecular formula is C20H17BrClN3O5. The maximum atomic E-state index is 12.2. The van der Waals surface area contributed by atoms with Crippen molar-refractivity contribution < 1.29 is 23.9 Å². The van der Waals surface area contributed by atoms with Crippen LogP contribution in [0.15, 0.2) is 53.0 Å². The van der Waals surface area contributed by atoms with Gasteiger partial charge in [-0.05, 0) is 42.5 Å². The Bertz CT molecular complexity index is 983. The minimum atomic E-state index is -0.704. The molecule has 1 aliphatic rings. The van der Waals surface area contributed by atoms with E-state index in [2.05, 4.69) is 26.8 Å². The molecule has 0 aromatic heterocycles. The number of carbonyl (C=O) groups is 4. The van der Waals surface area contributed by atoms with Gasteiger partial charge in [-0.1, -0.05) is 33.6 Å². The van der Waals surface area contributed by atoms with Crippen LogP contribution in [0.5, 0.6) is 0 Å². The van der Waals surface area contributed by atoms with Crippen molar-refractivity contribution in [2.75, 3.05) is 18.1 Å². The van der Waals surface area contributed by atoms with E-state index in [0.717, 1.165) is 4.47 Å². The molecule has 0 aliphatic carbocycles. The summed E-state index contributed by atoms with van der Waals surface area (Å²) in [7, 11) is 0. The lowest BCUT2D eigenvalue weighted by Crippen LogP contribution is -2.43. The average molecular weight is 495 g/mol. The first-order chi connectivity index (χ1) is 14.3. The van der Waals surface area contributed by atoms with Gasteiger partial charge in [0.2, 0.25) is 5.91 Å². The number of hydrogen-bond acceptors (Lipinski definition) is 5. The van der Waals surface area contributed by atoms with E-state index in [1.165, 1.54) is 4.90 Å². The smallest absolute Gasteiger partial charge is 0.311 e. The number of halogens is 2. The average Bonchev–Trinajstić information content (AvgIpc) is 3.12. The first kappa shape index (κ1) is 21.8. The summed E-state index contributed by atoms with van der Waals surface area (Å²) in [6.45, 7) is -0.443. The van der Waals surface area contributed by atoms with Crippen LogP contribution in [0.1, 0.15) is 16.8 Å². The van der Waals surface area contributed by atoms with E-state index in [1.54, 1.807) is 48.5 Å². The highest BCUT2D eigenvalue weighted by Gasteiger charge is 2.36. The van der Waals surface area contributed by atoms with Crippen LogP contribution in [0.25, 0.3) is 0 Å². The Hall–Kier alpha value is -2.91. The molecule has 10 heteroatoms. The van der Waals surface area contributed by atoms with Gasteiger partial charge in [0.25, 0.3) is 11.8 Å². The Morgan fingerprint density at radius 2 is 1.87 bits per heavy atom. The third-order valence-corrected chi connectivity index (χ3v) is 5.11. The van der Waals surface area contributed by atoms with Crippen molar-refractivity contribution in [2.45, 2.75) is 6.42 Å². The minimum Gasteiger partial charge on any atom is -0.455 e. The number of nitrogens with zero attached hydrogens (tertiary/aromatic N) is 1. The fourth-order valence-corrected chi connectivity index (χ4v) is 3.30. The van der Waals surface area contributed by atoms with Gasteiger partial charge >= 0.3 is 5.97 Å². The monoisotopic (exact) mass is 493 g/mol. The summed E-state index contributed by atoms with van der Waals surface area (Å²) in [6.07, 6.45) is -0.0206. The number of anilines is 1. The summed E-state index contributed by atoms with van der Waals surface area (Å²) >= 11 is 9.21. The standard InChI is InChI=1S/C20H17BrClN3O5/c21-14-6-4-12(5-7-14)19(28)24-23-17(26)11-30-20(29)13-8-18(27)25(10-13)16-3-1-2-15(22)9-16/h1-7,9,13H,8,10-11H2,(H,23,26)(H,24,28)/t13-/m1/s1. The Morgan fingerprint density at radius 1 is 1.13 bits per heavy atom. The molecule has 30 heavy (non-hydrogen) atoms. The van der Waals surface area contributed by atoms with Crippen LogP contribution in [0, 0.1) is 5.92 Å². The van der Waals surface area contributed by atoms with E-state index in [4.69, 9.17) is 16.3 Å². The zero-order chi connectivity index (χ0) is 21.7. The fourth-order valence-electron chi connectivity index (χ4n) is 2.85. The molecule has 0 unspecified atom stereocenters. The molecule has 2 aromatic carbocycles. The topological polar surface area (TPSA) is 105 Å². The van der Waals surface area contributed by atoms with Crippen LogP contribution < -0.4 is 15.8 Å². The second kappa shape index (κ2) is 9.73. The van der Waals surface area contributed by atoms with Crippen molar-refractivity contribution in [1.29, 1.82) is 0 Å². The number of hydrogen-bond donors (Lipinski definition) is 2. The van der Waals surface area contributed by atoms with Crippen LogP contribution in [0.4, 0.5) is 5.69 Å². The largest absolute Gasteiger partial charge is 0.455 e. The molecule has 1 saturated heterocycles. The molecule has 2 N–H and O–H groups in total. The van der Waals surface area contributed by atoms with Crippen molar-refractivity contribution in [1.82, 2.24) is 10.9 Å². The number of nitrogens with one attached hydrogen (secondary N) is 2. The molecule has 0 saturated carbocycles. The molecule has 1 fully saturated rings. The highest BCUT2D eigenvalue weighted by Crippen LogP contribution is 2.27. The first-order valence-corrected chi connectivity index (χ1v) is 10.1. The van der Waals surface area contributed by atoms with Crippen LogP contribution >= 0.6 is 27.5 Å². The van der Waals surface area contributed by atoms with Crippen LogP contribution in [0.2, 0.25) is 5.02 Å². The summed E-state index contributed by atoms with van der Waals surface area (Å²) in [6, 6.07) is 13.3. The SMILES string of the molecule is O=C(COC(=O)[C@@H]1CC(=O)N(c2cccc(Cl)c2)C1)NNC(=O)c1ccc(Br)cc1. The molecule has 1 heterocycles. The van der Waals surface area contributed by atoms with E-state index in [-0.39, 0.29) is 18.9 Å². The number of carbonyl (C=O) groups excluding carboxylic acids is 4. The predicted molar refractivity (Wildman–Crippen MR) is 113 cm³/mol. The van der Waals surface area contributed by atoms with E-state index in [1.807, 2.05) is 0 Å². The van der Waals surface area contributed by atoms with Crippen LogP contribution in [0.3, 0.4) is 0 Å². The van der Waals surface area contributed by atoms with Crippen LogP contribution in [-0.2, 0) is 19.1 Å². The molecule has 2 aromatic rings. The lowest BCUT2D eigenvalue weighted by Gasteiger charge is -2.16. The lowest BCUT2D eigenvalue weighted by atomic mass is 10.1. The summed E-state index contributed by atoms with van der Waals surface area (Å²) in [5.41, 5.74) is 5.35. The van der Waals surface area contributed by atoms with E-state index in [9.17, 15) is 19.2 Å². The normalized spacial score (nSPS) is 15.6. The maximum Gasteiger partial charge on any atom is 0.311 e. The van der Waals surface area contributed by atoms with Gasteiger partial charge in [-0.25, -0.2) is 0 Å². The minimum absolute atomic E-state index is 0.0206. The Kier molecular flexibility index (Phi) is 7.07. The molecule has 1 aliphatic heterocycles. The van der Waals surface area contributed by atoms with Gasteiger partial charge in [-0.2, -0.15) is 0 Å². The van der Waals surface area contributed by atoms with Gasteiger partial charge < -0.3 is 9.64 Å². The number of rotatable bonds is 5. The van der Waals surface area contributed by atoms with Crippen molar-refractivity contribution in [3.8, 4) is 0 Å². The summed E-state index contributed by atoms with van der Waals surface area (Å²) in [5.74, 6) is -2.81. The zero-order valence-corrected chi connectivity index (χ0v) is 17.9. The summed E-state index contributed by atoms with van der Waals surface area (Å²) in [5, 5.41) is 0.480. The highest BCUT2D eigenvalue weighted by atomic mass is 79.9. The van der Waals surface area contributed by atoms with Gasteiger partial charge in [0.05, 0.1) is 5.92 Å². The molecule has 3 amide bonds. The van der Waals surface area contributed by atoms with E-state index < -0.39 is 30.3 Å². The summed E-state index contributed by atoms with van der Waals surface area (Å²) in [4.78, 5) is 49.7.